The number of aromatic amines is 1. The van der Waals surface area contributed by atoms with Crippen molar-refractivity contribution in [3.05, 3.63) is 96.1 Å². The molecule has 0 spiro atoms. The van der Waals surface area contributed by atoms with Crippen LogP contribution in [0.3, 0.4) is 0 Å². The van der Waals surface area contributed by atoms with Gasteiger partial charge in [0.25, 0.3) is 0 Å². The molecule has 0 unspecified atom stereocenters. The smallest absolute Gasteiger partial charge is 0.340 e. The summed E-state index contributed by atoms with van der Waals surface area (Å²) in [5.41, 5.74) is 6.17. The number of hydrogen-bond acceptors (Lipinski definition) is 5. The Hall–Kier alpha value is -4.08. The lowest BCUT2D eigenvalue weighted by molar-refractivity contribution is 0.489. The molecule has 5 rings (SSSR count). The lowest BCUT2D eigenvalue weighted by Gasteiger charge is -2.05. The molecular formula is C25H21N5O3S. The van der Waals surface area contributed by atoms with Crippen LogP contribution in [0.4, 0.5) is 5.69 Å². The number of aryl methyl sites for hydroxylation is 1. The van der Waals surface area contributed by atoms with Gasteiger partial charge in [0, 0.05) is 29.3 Å². The Kier molecular flexibility index (Phi) is 5.56. The predicted octanol–water partition coefficient (Wildman–Crippen LogP) is 4.80. The minimum atomic E-state index is -4.35. The number of rotatable bonds is 6. The Bertz CT molecular complexity index is 1610. The minimum Gasteiger partial charge on any atom is -0.340 e. The van der Waals surface area contributed by atoms with Gasteiger partial charge in [-0.05, 0) is 55.0 Å². The van der Waals surface area contributed by atoms with Crippen LogP contribution in [0.15, 0.2) is 79.0 Å². The van der Waals surface area contributed by atoms with Gasteiger partial charge in [-0.2, -0.15) is 8.42 Å². The molecule has 0 radical (unpaired) electrons. The second-order valence-corrected chi connectivity index (χ2v) is 9.09. The number of fused-ring (bicyclic) bond motifs is 1. The Balaban J connectivity index is 1.57. The van der Waals surface area contributed by atoms with Gasteiger partial charge >= 0.3 is 10.3 Å². The zero-order valence-electron chi connectivity index (χ0n) is 18.2. The van der Waals surface area contributed by atoms with E-state index in [0.29, 0.717) is 12.2 Å². The van der Waals surface area contributed by atoms with Gasteiger partial charge < -0.3 is 4.98 Å². The van der Waals surface area contributed by atoms with E-state index < -0.39 is 10.3 Å². The number of aromatic nitrogens is 4. The van der Waals surface area contributed by atoms with E-state index in [0.717, 1.165) is 44.8 Å². The summed E-state index contributed by atoms with van der Waals surface area (Å²) in [5.74, 6) is 0.698. The van der Waals surface area contributed by atoms with Crippen molar-refractivity contribution in [3.63, 3.8) is 0 Å². The van der Waals surface area contributed by atoms with Crippen molar-refractivity contribution >= 4 is 26.9 Å². The highest BCUT2D eigenvalue weighted by molar-refractivity contribution is 7.87. The summed E-state index contributed by atoms with van der Waals surface area (Å²) in [6.45, 7) is 1.94. The molecule has 0 atom stereocenters. The molecule has 9 heteroatoms. The van der Waals surface area contributed by atoms with Gasteiger partial charge in [-0.25, -0.2) is 4.98 Å². The maximum absolute atomic E-state index is 11.2. The molecule has 5 aromatic rings. The Morgan fingerprint density at radius 3 is 2.65 bits per heavy atom. The first-order chi connectivity index (χ1) is 16.3. The minimum absolute atomic E-state index is 0.273. The normalized spacial score (nSPS) is 11.6. The molecule has 3 aromatic heterocycles. The molecule has 0 saturated carbocycles. The first kappa shape index (κ1) is 21.7. The van der Waals surface area contributed by atoms with Crippen LogP contribution < -0.4 is 4.72 Å². The van der Waals surface area contributed by atoms with Crippen molar-refractivity contribution in [2.75, 3.05) is 4.72 Å². The molecule has 2 aromatic carbocycles. The summed E-state index contributed by atoms with van der Waals surface area (Å²) in [7, 11) is -4.35. The predicted molar refractivity (Wildman–Crippen MR) is 132 cm³/mol. The summed E-state index contributed by atoms with van der Waals surface area (Å²) in [5, 5.41) is 1.01. The molecule has 3 N–H and O–H groups in total. The summed E-state index contributed by atoms with van der Waals surface area (Å²) < 4.78 is 33.5. The number of anilines is 1. The van der Waals surface area contributed by atoms with E-state index in [1.165, 1.54) is 0 Å². The first-order valence-electron chi connectivity index (χ1n) is 10.6. The third-order valence-corrected chi connectivity index (χ3v) is 5.81. The largest absolute Gasteiger partial charge is 0.357 e. The number of H-pyrrole nitrogens is 1. The fourth-order valence-electron chi connectivity index (χ4n) is 3.89. The van der Waals surface area contributed by atoms with Crippen LogP contribution in [0, 0.1) is 6.92 Å². The van der Waals surface area contributed by atoms with Crippen molar-refractivity contribution in [1.29, 1.82) is 0 Å². The van der Waals surface area contributed by atoms with Gasteiger partial charge in [0.05, 0.1) is 28.3 Å². The van der Waals surface area contributed by atoms with E-state index in [2.05, 4.69) is 25.7 Å². The van der Waals surface area contributed by atoms with Crippen LogP contribution in [0.2, 0.25) is 0 Å². The summed E-state index contributed by atoms with van der Waals surface area (Å²) in [6.07, 6.45) is 2.19. The molecule has 34 heavy (non-hydrogen) atoms. The first-order valence-corrected chi connectivity index (χ1v) is 12.0. The fraction of sp³-hybridized carbons (Fsp3) is 0.0800. The van der Waals surface area contributed by atoms with Crippen LogP contribution in [-0.4, -0.2) is 32.9 Å². The average Bonchev–Trinajstić information content (AvgIpc) is 3.21. The third-order valence-electron chi connectivity index (χ3n) is 5.32. The molecular weight excluding hydrogens is 450 g/mol. The molecule has 0 aliphatic carbocycles. The maximum atomic E-state index is 11.2. The van der Waals surface area contributed by atoms with Gasteiger partial charge in [-0.15, -0.1) is 0 Å². The number of benzene rings is 2. The average molecular weight is 472 g/mol. The Morgan fingerprint density at radius 1 is 0.971 bits per heavy atom. The van der Waals surface area contributed by atoms with E-state index in [1.54, 1.807) is 24.4 Å². The molecule has 0 bridgehead atoms. The SMILES string of the molecule is Cc1cccc(-c2[nH]c(Cc3cccc(NS(=O)(=O)O)c3)nc2-c2ccc3ncccc3c2)n1. The summed E-state index contributed by atoms with van der Waals surface area (Å²) in [4.78, 5) is 17.4. The topological polar surface area (TPSA) is 121 Å². The quantitative estimate of drug-likeness (QED) is 0.306. The molecule has 0 saturated heterocycles. The zero-order chi connectivity index (χ0) is 23.7. The molecule has 3 heterocycles. The van der Waals surface area contributed by atoms with E-state index >= 15 is 0 Å². The van der Waals surface area contributed by atoms with Crippen LogP contribution in [0.1, 0.15) is 17.1 Å². The standard InChI is InChI=1S/C25H21N5O3S/c1-16-5-2-9-22(27-16)25-24(19-10-11-21-18(15-19)7-4-12-26-21)28-23(29-25)14-17-6-3-8-20(13-17)30-34(31,32)33/h2-13,15,30H,14H2,1H3,(H,28,29)(H,31,32,33). The highest BCUT2D eigenvalue weighted by atomic mass is 32.2. The van der Waals surface area contributed by atoms with Crippen molar-refractivity contribution in [2.45, 2.75) is 13.3 Å². The van der Waals surface area contributed by atoms with E-state index in [4.69, 9.17) is 9.54 Å². The van der Waals surface area contributed by atoms with Gasteiger partial charge in [0.1, 0.15) is 5.82 Å². The second-order valence-electron chi connectivity index (χ2n) is 7.94. The van der Waals surface area contributed by atoms with Crippen LogP contribution >= 0.6 is 0 Å². The van der Waals surface area contributed by atoms with Crippen molar-refractivity contribution in [2.24, 2.45) is 0 Å². The summed E-state index contributed by atoms with van der Waals surface area (Å²) in [6, 6.07) is 22.6. The lowest BCUT2D eigenvalue weighted by Crippen LogP contribution is -2.10. The van der Waals surface area contributed by atoms with Gasteiger partial charge in [-0.3, -0.25) is 19.2 Å². The van der Waals surface area contributed by atoms with Crippen molar-refractivity contribution in [3.8, 4) is 22.6 Å². The van der Waals surface area contributed by atoms with Crippen LogP contribution in [0.5, 0.6) is 0 Å². The van der Waals surface area contributed by atoms with Crippen molar-refractivity contribution in [1.82, 2.24) is 19.9 Å². The van der Waals surface area contributed by atoms with Gasteiger partial charge in [0.15, 0.2) is 0 Å². The lowest BCUT2D eigenvalue weighted by atomic mass is 10.1. The zero-order valence-corrected chi connectivity index (χ0v) is 19.0. The number of nitrogens with zero attached hydrogens (tertiary/aromatic N) is 3. The van der Waals surface area contributed by atoms with Gasteiger partial charge in [0.2, 0.25) is 0 Å². The summed E-state index contributed by atoms with van der Waals surface area (Å²) >= 11 is 0. The Morgan fingerprint density at radius 2 is 1.82 bits per heavy atom. The maximum Gasteiger partial charge on any atom is 0.357 e. The monoisotopic (exact) mass is 471 g/mol. The second kappa shape index (κ2) is 8.69. The number of pyridine rings is 2. The molecule has 0 fully saturated rings. The van der Waals surface area contributed by atoms with Crippen LogP contribution in [-0.2, 0) is 16.7 Å². The number of imidazole rings is 1. The third kappa shape index (κ3) is 4.80. The number of nitrogens with one attached hydrogen (secondary N) is 2. The molecule has 0 aliphatic heterocycles. The highest BCUT2D eigenvalue weighted by Gasteiger charge is 2.17. The van der Waals surface area contributed by atoms with Gasteiger partial charge in [-0.1, -0.05) is 30.3 Å². The fourth-order valence-corrected chi connectivity index (χ4v) is 4.32. The molecule has 170 valence electrons. The highest BCUT2D eigenvalue weighted by Crippen LogP contribution is 2.31. The molecule has 0 aliphatic rings. The van der Waals surface area contributed by atoms with E-state index in [9.17, 15) is 8.42 Å². The van der Waals surface area contributed by atoms with Crippen LogP contribution in [0.25, 0.3) is 33.5 Å². The van der Waals surface area contributed by atoms with E-state index in [-0.39, 0.29) is 5.69 Å². The van der Waals surface area contributed by atoms with Crippen molar-refractivity contribution < 1.29 is 13.0 Å². The number of hydrogen-bond donors (Lipinski definition) is 3. The molecule has 8 nitrogen and oxygen atoms in total. The van der Waals surface area contributed by atoms with E-state index in [1.807, 2.05) is 55.5 Å². The molecule has 0 amide bonds. The Labute approximate surface area is 196 Å².